The fourth-order valence-electron chi connectivity index (χ4n) is 2.34. The molecule has 0 spiro atoms. The fraction of sp³-hybridized carbons (Fsp3) is 0.500. The van der Waals surface area contributed by atoms with E-state index in [1.54, 1.807) is 0 Å². The third-order valence-corrected chi connectivity index (χ3v) is 3.51. The summed E-state index contributed by atoms with van der Waals surface area (Å²) in [5, 5.41) is 6.90. The van der Waals surface area contributed by atoms with Gasteiger partial charge in [0.25, 0.3) is 0 Å². The summed E-state index contributed by atoms with van der Waals surface area (Å²) in [6, 6.07) is 7.67. The Labute approximate surface area is 148 Å². The van der Waals surface area contributed by atoms with Crippen molar-refractivity contribution in [2.75, 3.05) is 19.7 Å². The van der Waals surface area contributed by atoms with Crippen LogP contribution in [0.15, 0.2) is 28.8 Å². The van der Waals surface area contributed by atoms with E-state index in [0.29, 0.717) is 38.0 Å². The van der Waals surface area contributed by atoms with Gasteiger partial charge in [-0.2, -0.15) is 4.98 Å². The van der Waals surface area contributed by atoms with Gasteiger partial charge in [0, 0.05) is 11.6 Å². The summed E-state index contributed by atoms with van der Waals surface area (Å²) >= 11 is 0. The molecule has 1 aromatic heterocycles. The van der Waals surface area contributed by atoms with Crippen LogP contribution in [0.1, 0.15) is 33.6 Å². The van der Waals surface area contributed by atoms with Crippen LogP contribution in [0.25, 0.3) is 11.4 Å². The highest BCUT2D eigenvalue weighted by Gasteiger charge is 2.15. The Morgan fingerprint density at radius 1 is 1.28 bits per heavy atom. The second-order valence-corrected chi connectivity index (χ2v) is 5.99. The lowest BCUT2D eigenvalue weighted by molar-refractivity contribution is -0.122. The molecular weight excluding hydrogens is 320 g/mol. The van der Waals surface area contributed by atoms with Crippen molar-refractivity contribution in [3.05, 3.63) is 30.2 Å². The smallest absolute Gasteiger partial charge is 0.241 e. The summed E-state index contributed by atoms with van der Waals surface area (Å²) in [6.45, 7) is 9.90. The van der Waals surface area contributed by atoms with Gasteiger partial charge < -0.3 is 14.6 Å². The number of nitrogens with one attached hydrogen (secondary N) is 1. The van der Waals surface area contributed by atoms with Crippen LogP contribution in [-0.4, -0.2) is 46.7 Å². The first-order chi connectivity index (χ1) is 12.0. The molecular formula is C18H26N4O3. The van der Waals surface area contributed by atoms with E-state index in [1.807, 2.05) is 56.9 Å². The van der Waals surface area contributed by atoms with E-state index in [0.717, 1.165) is 11.3 Å². The van der Waals surface area contributed by atoms with Crippen LogP contribution in [0.4, 0.5) is 0 Å². The van der Waals surface area contributed by atoms with Crippen LogP contribution in [0.5, 0.6) is 5.75 Å². The average molecular weight is 346 g/mol. The maximum atomic E-state index is 11.9. The second-order valence-electron chi connectivity index (χ2n) is 5.99. The van der Waals surface area contributed by atoms with Crippen molar-refractivity contribution in [3.63, 3.8) is 0 Å². The summed E-state index contributed by atoms with van der Waals surface area (Å²) in [5.41, 5.74) is 0.860. The van der Waals surface area contributed by atoms with Gasteiger partial charge in [0.2, 0.25) is 17.6 Å². The third kappa shape index (κ3) is 5.86. The van der Waals surface area contributed by atoms with Crippen molar-refractivity contribution in [3.8, 4) is 17.1 Å². The molecule has 0 saturated carbocycles. The number of aromatic nitrogens is 2. The van der Waals surface area contributed by atoms with Gasteiger partial charge in [-0.25, -0.2) is 0 Å². The zero-order chi connectivity index (χ0) is 18.2. The van der Waals surface area contributed by atoms with E-state index in [2.05, 4.69) is 15.5 Å². The van der Waals surface area contributed by atoms with E-state index in [1.165, 1.54) is 0 Å². The predicted molar refractivity (Wildman–Crippen MR) is 95.1 cm³/mol. The minimum Gasteiger partial charge on any atom is -0.494 e. The fourth-order valence-corrected chi connectivity index (χ4v) is 2.34. The SMILES string of the molecule is CCOc1ccc(-c2noc(CN(CC)CC(=O)NC(C)C)n2)cc1. The molecule has 0 bridgehead atoms. The molecule has 1 N–H and O–H groups in total. The Morgan fingerprint density at radius 2 is 2.00 bits per heavy atom. The highest BCUT2D eigenvalue weighted by Crippen LogP contribution is 2.20. The zero-order valence-corrected chi connectivity index (χ0v) is 15.3. The van der Waals surface area contributed by atoms with Gasteiger partial charge in [0.05, 0.1) is 19.7 Å². The molecule has 7 nitrogen and oxygen atoms in total. The molecule has 0 fully saturated rings. The van der Waals surface area contributed by atoms with Gasteiger partial charge in [-0.15, -0.1) is 0 Å². The number of hydrogen-bond donors (Lipinski definition) is 1. The maximum Gasteiger partial charge on any atom is 0.241 e. The van der Waals surface area contributed by atoms with Gasteiger partial charge in [0.1, 0.15) is 5.75 Å². The number of amides is 1. The number of carbonyl (C=O) groups is 1. The van der Waals surface area contributed by atoms with Crippen molar-refractivity contribution in [2.45, 2.75) is 40.3 Å². The number of rotatable bonds is 9. The minimum absolute atomic E-state index is 0.0110. The molecule has 0 atom stereocenters. The van der Waals surface area contributed by atoms with E-state index in [9.17, 15) is 4.79 Å². The van der Waals surface area contributed by atoms with Crippen LogP contribution < -0.4 is 10.1 Å². The van der Waals surface area contributed by atoms with Crippen molar-refractivity contribution in [1.29, 1.82) is 0 Å². The summed E-state index contributed by atoms with van der Waals surface area (Å²) < 4.78 is 10.8. The summed E-state index contributed by atoms with van der Waals surface area (Å²) in [7, 11) is 0. The Kier molecular flexibility index (Phi) is 6.94. The Morgan fingerprint density at radius 3 is 2.60 bits per heavy atom. The first kappa shape index (κ1) is 18.9. The van der Waals surface area contributed by atoms with Crippen LogP contribution in [0.3, 0.4) is 0 Å². The number of likely N-dealkylation sites (N-methyl/N-ethyl adjacent to an activating group) is 1. The molecule has 0 unspecified atom stereocenters. The molecule has 0 aliphatic carbocycles. The quantitative estimate of drug-likeness (QED) is 0.751. The van der Waals surface area contributed by atoms with Gasteiger partial charge in [-0.1, -0.05) is 12.1 Å². The molecule has 1 heterocycles. The van der Waals surface area contributed by atoms with Gasteiger partial charge in [0.15, 0.2) is 0 Å². The van der Waals surface area contributed by atoms with E-state index >= 15 is 0 Å². The van der Waals surface area contributed by atoms with E-state index in [-0.39, 0.29) is 11.9 Å². The Hall–Kier alpha value is -2.41. The largest absolute Gasteiger partial charge is 0.494 e. The molecule has 0 aliphatic heterocycles. The lowest BCUT2D eigenvalue weighted by Crippen LogP contribution is -2.39. The van der Waals surface area contributed by atoms with Crippen molar-refractivity contribution < 1.29 is 14.1 Å². The standard InChI is InChI=1S/C18H26N4O3/c1-5-22(11-16(23)19-13(3)4)12-17-20-18(21-25-17)14-7-9-15(10-8-14)24-6-2/h7-10,13H,5-6,11-12H2,1-4H3,(H,19,23). The first-order valence-corrected chi connectivity index (χ1v) is 8.59. The Balaban J connectivity index is 1.98. The molecule has 0 aliphatic rings. The van der Waals surface area contributed by atoms with Crippen LogP contribution in [-0.2, 0) is 11.3 Å². The maximum absolute atomic E-state index is 11.9. The van der Waals surface area contributed by atoms with E-state index in [4.69, 9.17) is 9.26 Å². The molecule has 1 aromatic carbocycles. The third-order valence-electron chi connectivity index (χ3n) is 3.51. The minimum atomic E-state index is -0.0110. The van der Waals surface area contributed by atoms with Crippen molar-refractivity contribution >= 4 is 5.91 Å². The predicted octanol–water partition coefficient (Wildman–Crippen LogP) is 2.48. The molecule has 7 heteroatoms. The highest BCUT2D eigenvalue weighted by atomic mass is 16.5. The van der Waals surface area contributed by atoms with Crippen molar-refractivity contribution in [2.24, 2.45) is 0 Å². The summed E-state index contributed by atoms with van der Waals surface area (Å²) in [5.74, 6) is 1.82. The van der Waals surface area contributed by atoms with Crippen LogP contribution in [0.2, 0.25) is 0 Å². The number of nitrogens with zero attached hydrogens (tertiary/aromatic N) is 3. The Bertz CT molecular complexity index is 667. The number of hydrogen-bond acceptors (Lipinski definition) is 6. The van der Waals surface area contributed by atoms with E-state index < -0.39 is 0 Å². The molecule has 0 radical (unpaired) electrons. The average Bonchev–Trinajstić information content (AvgIpc) is 3.03. The molecule has 0 saturated heterocycles. The number of ether oxygens (including phenoxy) is 1. The highest BCUT2D eigenvalue weighted by molar-refractivity contribution is 5.78. The van der Waals surface area contributed by atoms with Crippen LogP contribution in [0, 0.1) is 0 Å². The van der Waals surface area contributed by atoms with Gasteiger partial charge >= 0.3 is 0 Å². The lowest BCUT2D eigenvalue weighted by Gasteiger charge is -2.18. The summed E-state index contributed by atoms with van der Waals surface area (Å²) in [6.07, 6.45) is 0. The molecule has 2 aromatic rings. The molecule has 2 rings (SSSR count). The molecule has 136 valence electrons. The first-order valence-electron chi connectivity index (χ1n) is 8.59. The van der Waals surface area contributed by atoms with Crippen molar-refractivity contribution in [1.82, 2.24) is 20.4 Å². The van der Waals surface area contributed by atoms with Gasteiger partial charge in [-0.05, 0) is 51.6 Å². The zero-order valence-electron chi connectivity index (χ0n) is 15.3. The molecule has 25 heavy (non-hydrogen) atoms. The topological polar surface area (TPSA) is 80.5 Å². The lowest BCUT2D eigenvalue weighted by atomic mass is 10.2. The normalized spacial score (nSPS) is 11.1. The number of benzene rings is 1. The molecule has 1 amide bonds. The monoisotopic (exact) mass is 346 g/mol. The second kappa shape index (κ2) is 9.17. The van der Waals surface area contributed by atoms with Gasteiger partial charge in [-0.3, -0.25) is 9.69 Å². The number of carbonyl (C=O) groups excluding carboxylic acids is 1. The summed E-state index contributed by atoms with van der Waals surface area (Å²) in [4.78, 5) is 18.3. The van der Waals surface area contributed by atoms with Crippen LogP contribution >= 0.6 is 0 Å².